The Morgan fingerprint density at radius 3 is 2.45 bits per heavy atom. The van der Waals surface area contributed by atoms with Crippen molar-refractivity contribution in [2.45, 2.75) is 47.2 Å². The fraction of sp³-hybridized carbons (Fsp3) is 0.304. The highest BCUT2D eigenvalue weighted by Crippen LogP contribution is 2.32. The van der Waals surface area contributed by atoms with E-state index in [0.29, 0.717) is 10.9 Å². The molecular formula is C23H25N3O3S2. The van der Waals surface area contributed by atoms with Crippen LogP contribution in [0.1, 0.15) is 26.2 Å². The van der Waals surface area contributed by atoms with E-state index in [0.717, 1.165) is 31.4 Å². The molecule has 6 nitrogen and oxygen atoms in total. The maximum Gasteiger partial charge on any atom is 0.233 e. The second-order valence-electron chi connectivity index (χ2n) is 7.62. The quantitative estimate of drug-likeness (QED) is 0.557. The Labute approximate surface area is 187 Å². The summed E-state index contributed by atoms with van der Waals surface area (Å²) in [5.41, 5.74) is 0.787. The number of sulfone groups is 1. The van der Waals surface area contributed by atoms with E-state index in [9.17, 15) is 13.2 Å². The monoisotopic (exact) mass is 455 g/mol. The molecule has 1 saturated heterocycles. The minimum atomic E-state index is -3.80. The second kappa shape index (κ2) is 9.28. The number of aromatic nitrogens is 2. The Hall–Kier alpha value is -2.58. The molecule has 1 fully saturated rings. The third kappa shape index (κ3) is 4.70. The molecule has 1 N–H and O–H groups in total. The van der Waals surface area contributed by atoms with Crippen LogP contribution in [-0.2, 0) is 14.6 Å². The summed E-state index contributed by atoms with van der Waals surface area (Å²) < 4.78 is 26.6. The number of hydrogen-bond acceptors (Lipinski definition) is 5. The number of likely N-dealkylation sites (tertiary alicyclic amines) is 1. The number of nitrogens with one attached hydrogen (secondary N) is 1. The number of benzene rings is 2. The van der Waals surface area contributed by atoms with Gasteiger partial charge in [-0.1, -0.05) is 60.3 Å². The largest absolute Gasteiger partial charge is 0.339 e. The lowest BCUT2D eigenvalue weighted by atomic mass is 10.0. The standard InChI is InChI=1S/C23H25N3O3S2/c1-17-10-8-9-15-26(17)20(27)16-30-22-23(31(28,29)19-13-6-3-7-14-19)25-21(24-22)18-11-4-2-5-12-18/h2-7,11-14,17H,8-10,15-16H2,1H3,(H,24,25)/t17-/m0/s1. The summed E-state index contributed by atoms with van der Waals surface area (Å²) in [7, 11) is -3.80. The van der Waals surface area contributed by atoms with Gasteiger partial charge in [0.15, 0.2) is 5.03 Å². The van der Waals surface area contributed by atoms with Crippen molar-refractivity contribution in [3.05, 3.63) is 60.7 Å². The molecule has 1 aliphatic heterocycles. The van der Waals surface area contributed by atoms with E-state index in [2.05, 4.69) is 16.9 Å². The van der Waals surface area contributed by atoms with Gasteiger partial charge in [-0.2, -0.15) is 0 Å². The molecule has 3 aromatic rings. The molecule has 2 heterocycles. The van der Waals surface area contributed by atoms with Crippen LogP contribution in [0.5, 0.6) is 0 Å². The number of hydrogen-bond donors (Lipinski definition) is 1. The molecule has 2 aromatic carbocycles. The number of imidazole rings is 1. The van der Waals surface area contributed by atoms with E-state index in [1.807, 2.05) is 35.2 Å². The van der Waals surface area contributed by atoms with Crippen molar-refractivity contribution in [1.29, 1.82) is 0 Å². The summed E-state index contributed by atoms with van der Waals surface area (Å²) in [6.07, 6.45) is 3.15. The Morgan fingerprint density at radius 1 is 1.10 bits per heavy atom. The lowest BCUT2D eigenvalue weighted by molar-refractivity contribution is -0.131. The predicted molar refractivity (Wildman–Crippen MR) is 122 cm³/mol. The lowest BCUT2D eigenvalue weighted by Crippen LogP contribution is -2.42. The molecule has 0 aliphatic carbocycles. The number of rotatable bonds is 6. The van der Waals surface area contributed by atoms with Crippen LogP contribution < -0.4 is 0 Å². The summed E-state index contributed by atoms with van der Waals surface area (Å²) in [5.74, 6) is 0.640. The molecule has 0 radical (unpaired) electrons. The summed E-state index contributed by atoms with van der Waals surface area (Å²) in [4.78, 5) is 22.5. The van der Waals surface area contributed by atoms with Crippen LogP contribution in [0.25, 0.3) is 11.4 Å². The molecule has 0 saturated carbocycles. The van der Waals surface area contributed by atoms with Crippen molar-refractivity contribution >= 4 is 27.5 Å². The van der Waals surface area contributed by atoms with Crippen LogP contribution in [0.4, 0.5) is 0 Å². The average Bonchev–Trinajstić information content (AvgIpc) is 3.24. The summed E-state index contributed by atoms with van der Waals surface area (Å²) in [6.45, 7) is 2.82. The number of nitrogens with zero attached hydrogens (tertiary/aromatic N) is 2. The normalized spacial score (nSPS) is 16.9. The second-order valence-corrected chi connectivity index (χ2v) is 10.5. The first-order chi connectivity index (χ1) is 15.0. The van der Waals surface area contributed by atoms with Crippen LogP contribution in [0, 0.1) is 0 Å². The maximum absolute atomic E-state index is 13.3. The van der Waals surface area contributed by atoms with Crippen LogP contribution in [-0.4, -0.2) is 47.5 Å². The molecule has 0 spiro atoms. The molecule has 1 atom stereocenters. The molecule has 0 bridgehead atoms. The molecular weight excluding hydrogens is 430 g/mol. The number of carbonyl (C=O) groups is 1. The number of H-pyrrole nitrogens is 1. The Balaban J connectivity index is 1.65. The highest BCUT2D eigenvalue weighted by Gasteiger charge is 2.28. The Bertz CT molecular complexity index is 1150. The number of thioether (sulfide) groups is 1. The van der Waals surface area contributed by atoms with Crippen molar-refractivity contribution < 1.29 is 13.2 Å². The number of amides is 1. The molecule has 4 rings (SSSR count). The van der Waals surface area contributed by atoms with Gasteiger partial charge in [-0.3, -0.25) is 4.79 Å². The highest BCUT2D eigenvalue weighted by molar-refractivity contribution is 8.00. The van der Waals surface area contributed by atoms with Crippen molar-refractivity contribution in [2.24, 2.45) is 0 Å². The van der Waals surface area contributed by atoms with Crippen molar-refractivity contribution in [2.75, 3.05) is 12.3 Å². The third-order valence-electron chi connectivity index (χ3n) is 5.46. The predicted octanol–water partition coefficient (Wildman–Crippen LogP) is 4.40. The maximum atomic E-state index is 13.3. The van der Waals surface area contributed by atoms with Gasteiger partial charge in [-0.15, -0.1) is 0 Å². The zero-order chi connectivity index (χ0) is 21.8. The van der Waals surface area contributed by atoms with Crippen LogP contribution in [0.15, 0.2) is 75.6 Å². The molecule has 8 heteroatoms. The van der Waals surface area contributed by atoms with Crippen molar-refractivity contribution in [3.63, 3.8) is 0 Å². The lowest BCUT2D eigenvalue weighted by Gasteiger charge is -2.33. The number of piperidine rings is 1. The van der Waals surface area contributed by atoms with Gasteiger partial charge in [-0.25, -0.2) is 13.4 Å². The number of carbonyl (C=O) groups excluding carboxylic acids is 1. The SMILES string of the molecule is C[C@H]1CCCCN1C(=O)CSc1nc(-c2ccccc2)[nH]c1S(=O)(=O)c1ccccc1. The van der Waals surface area contributed by atoms with E-state index in [-0.39, 0.29) is 27.6 Å². The molecule has 0 unspecified atom stereocenters. The molecule has 1 amide bonds. The zero-order valence-corrected chi connectivity index (χ0v) is 19.0. The van der Waals surface area contributed by atoms with Gasteiger partial charge in [0.05, 0.1) is 10.6 Å². The topological polar surface area (TPSA) is 83.1 Å². The fourth-order valence-electron chi connectivity index (χ4n) is 3.75. The molecule has 1 aliphatic rings. The van der Waals surface area contributed by atoms with E-state index < -0.39 is 9.84 Å². The van der Waals surface area contributed by atoms with Gasteiger partial charge in [0.1, 0.15) is 10.9 Å². The van der Waals surface area contributed by atoms with Crippen LogP contribution in [0.2, 0.25) is 0 Å². The van der Waals surface area contributed by atoms with Gasteiger partial charge in [0, 0.05) is 18.2 Å². The molecule has 1 aromatic heterocycles. The van der Waals surface area contributed by atoms with Gasteiger partial charge in [-0.05, 0) is 38.3 Å². The smallest absolute Gasteiger partial charge is 0.233 e. The minimum absolute atomic E-state index is 0.0181. The minimum Gasteiger partial charge on any atom is -0.339 e. The van der Waals surface area contributed by atoms with E-state index in [1.165, 1.54) is 11.8 Å². The fourth-order valence-corrected chi connectivity index (χ4v) is 6.28. The molecule has 162 valence electrons. The van der Waals surface area contributed by atoms with Gasteiger partial charge < -0.3 is 9.88 Å². The summed E-state index contributed by atoms with van der Waals surface area (Å²) >= 11 is 1.18. The van der Waals surface area contributed by atoms with Crippen LogP contribution >= 0.6 is 11.8 Å². The average molecular weight is 456 g/mol. The van der Waals surface area contributed by atoms with Gasteiger partial charge in [0.2, 0.25) is 15.7 Å². The Kier molecular flexibility index (Phi) is 6.48. The van der Waals surface area contributed by atoms with Gasteiger partial charge >= 0.3 is 0 Å². The first kappa shape index (κ1) is 21.6. The first-order valence-electron chi connectivity index (χ1n) is 10.3. The van der Waals surface area contributed by atoms with Crippen LogP contribution in [0.3, 0.4) is 0 Å². The van der Waals surface area contributed by atoms with Crippen molar-refractivity contribution in [3.8, 4) is 11.4 Å². The van der Waals surface area contributed by atoms with E-state index in [1.54, 1.807) is 30.3 Å². The summed E-state index contributed by atoms with van der Waals surface area (Å²) in [5, 5.41) is 0.350. The third-order valence-corrected chi connectivity index (χ3v) is 8.28. The highest BCUT2D eigenvalue weighted by atomic mass is 32.2. The van der Waals surface area contributed by atoms with E-state index >= 15 is 0 Å². The Morgan fingerprint density at radius 2 is 1.77 bits per heavy atom. The van der Waals surface area contributed by atoms with E-state index in [4.69, 9.17) is 0 Å². The van der Waals surface area contributed by atoms with Gasteiger partial charge in [0.25, 0.3) is 0 Å². The zero-order valence-electron chi connectivity index (χ0n) is 17.3. The first-order valence-corrected chi connectivity index (χ1v) is 12.8. The number of aromatic amines is 1. The van der Waals surface area contributed by atoms with Crippen molar-refractivity contribution in [1.82, 2.24) is 14.9 Å². The summed E-state index contributed by atoms with van der Waals surface area (Å²) in [6, 6.07) is 17.9. The molecule has 31 heavy (non-hydrogen) atoms.